The first-order valence-corrected chi connectivity index (χ1v) is 12.4. The molecule has 1 N–H and O–H groups in total. The van der Waals surface area contributed by atoms with Crippen LogP contribution in [0, 0.1) is 5.92 Å². The summed E-state index contributed by atoms with van der Waals surface area (Å²) in [5, 5.41) is 3.23. The number of amides is 2. The number of likely N-dealkylation sites (tertiary alicyclic amines) is 1. The van der Waals surface area contributed by atoms with E-state index in [1.807, 2.05) is 18.2 Å². The SMILES string of the molecule is O=C(NC1CCN(Cc2ccccc2)CC1)C1CC(=O)N(c2ccc(N3CCCC3)cc2)C1. The van der Waals surface area contributed by atoms with Gasteiger partial charge >= 0.3 is 0 Å². The summed E-state index contributed by atoms with van der Waals surface area (Å²) in [6.07, 6.45) is 4.71. The van der Waals surface area contributed by atoms with Gasteiger partial charge in [0.1, 0.15) is 0 Å². The van der Waals surface area contributed by atoms with Crippen molar-refractivity contribution < 1.29 is 9.59 Å². The molecule has 174 valence electrons. The molecule has 1 unspecified atom stereocenters. The Morgan fingerprint density at radius 2 is 1.55 bits per heavy atom. The molecule has 3 aliphatic rings. The van der Waals surface area contributed by atoms with Gasteiger partial charge in [-0.2, -0.15) is 0 Å². The van der Waals surface area contributed by atoms with Crippen LogP contribution in [0.1, 0.15) is 37.7 Å². The second-order valence-corrected chi connectivity index (χ2v) is 9.66. The van der Waals surface area contributed by atoms with Gasteiger partial charge in [-0.05, 0) is 55.5 Å². The highest BCUT2D eigenvalue weighted by molar-refractivity contribution is 6.00. The van der Waals surface area contributed by atoms with Gasteiger partial charge in [0.25, 0.3) is 0 Å². The minimum absolute atomic E-state index is 0.0287. The van der Waals surface area contributed by atoms with Gasteiger partial charge in [0.15, 0.2) is 0 Å². The summed E-state index contributed by atoms with van der Waals surface area (Å²) < 4.78 is 0. The fraction of sp³-hybridized carbons (Fsp3) is 0.481. The lowest BCUT2D eigenvalue weighted by Crippen LogP contribution is -2.46. The monoisotopic (exact) mass is 446 g/mol. The van der Waals surface area contributed by atoms with Gasteiger partial charge in [0, 0.05) is 63.1 Å². The molecule has 3 aliphatic heterocycles. The molecular formula is C27H34N4O2. The Bertz CT molecular complexity index is 948. The van der Waals surface area contributed by atoms with Gasteiger partial charge in [0.2, 0.25) is 11.8 Å². The highest BCUT2D eigenvalue weighted by Gasteiger charge is 2.36. The van der Waals surface area contributed by atoms with Crippen LogP contribution in [0.2, 0.25) is 0 Å². The van der Waals surface area contributed by atoms with Crippen LogP contribution >= 0.6 is 0 Å². The Kier molecular flexibility index (Phi) is 6.63. The molecule has 2 aromatic rings. The van der Waals surface area contributed by atoms with Gasteiger partial charge in [-0.25, -0.2) is 0 Å². The average molecular weight is 447 g/mol. The van der Waals surface area contributed by atoms with Crippen molar-refractivity contribution in [3.63, 3.8) is 0 Å². The number of nitrogens with one attached hydrogen (secondary N) is 1. The first kappa shape index (κ1) is 22.0. The Balaban J connectivity index is 1.10. The number of carbonyl (C=O) groups is 2. The number of carbonyl (C=O) groups excluding carboxylic acids is 2. The minimum atomic E-state index is -0.266. The first-order valence-electron chi connectivity index (χ1n) is 12.4. The second-order valence-electron chi connectivity index (χ2n) is 9.66. The van der Waals surface area contributed by atoms with E-state index in [2.05, 4.69) is 51.5 Å². The number of benzene rings is 2. The van der Waals surface area contributed by atoms with E-state index in [0.29, 0.717) is 13.0 Å². The zero-order valence-corrected chi connectivity index (χ0v) is 19.3. The molecule has 2 aromatic carbocycles. The summed E-state index contributed by atoms with van der Waals surface area (Å²) in [6.45, 7) is 5.62. The molecule has 2 amide bonds. The predicted octanol–water partition coefficient (Wildman–Crippen LogP) is 3.42. The van der Waals surface area contributed by atoms with Gasteiger partial charge in [0.05, 0.1) is 5.92 Å². The van der Waals surface area contributed by atoms with Crippen LogP contribution in [-0.2, 0) is 16.1 Å². The third kappa shape index (κ3) is 5.22. The van der Waals surface area contributed by atoms with Crippen molar-refractivity contribution in [3.05, 3.63) is 60.2 Å². The van der Waals surface area contributed by atoms with Crippen LogP contribution in [0.5, 0.6) is 0 Å². The van der Waals surface area contributed by atoms with Crippen LogP contribution in [0.3, 0.4) is 0 Å². The van der Waals surface area contributed by atoms with E-state index in [4.69, 9.17) is 0 Å². The molecule has 1 atom stereocenters. The van der Waals surface area contributed by atoms with Crippen LogP contribution in [0.15, 0.2) is 54.6 Å². The van der Waals surface area contributed by atoms with E-state index >= 15 is 0 Å². The maximum atomic E-state index is 12.9. The molecule has 0 spiro atoms. The molecule has 0 aliphatic carbocycles. The second kappa shape index (κ2) is 9.96. The van der Waals surface area contributed by atoms with Crippen LogP contribution in [-0.4, -0.2) is 55.5 Å². The van der Waals surface area contributed by atoms with E-state index in [0.717, 1.165) is 51.3 Å². The van der Waals surface area contributed by atoms with E-state index < -0.39 is 0 Å². The fourth-order valence-electron chi connectivity index (χ4n) is 5.35. The van der Waals surface area contributed by atoms with Crippen molar-refractivity contribution in [2.24, 2.45) is 5.92 Å². The lowest BCUT2D eigenvalue weighted by atomic mass is 10.0. The van der Waals surface area contributed by atoms with Crippen molar-refractivity contribution in [2.75, 3.05) is 42.5 Å². The molecule has 33 heavy (non-hydrogen) atoms. The first-order chi connectivity index (χ1) is 16.2. The predicted molar refractivity (Wildman–Crippen MR) is 131 cm³/mol. The smallest absolute Gasteiger partial charge is 0.227 e. The van der Waals surface area contributed by atoms with Crippen molar-refractivity contribution in [2.45, 2.75) is 44.7 Å². The summed E-state index contributed by atoms with van der Waals surface area (Å²) in [6, 6.07) is 19.0. The zero-order valence-electron chi connectivity index (χ0n) is 19.3. The summed E-state index contributed by atoms with van der Waals surface area (Å²) in [7, 11) is 0. The molecule has 0 radical (unpaired) electrons. The lowest BCUT2D eigenvalue weighted by Gasteiger charge is -2.32. The van der Waals surface area contributed by atoms with Crippen LogP contribution < -0.4 is 15.1 Å². The third-order valence-corrected chi connectivity index (χ3v) is 7.31. The lowest BCUT2D eigenvalue weighted by molar-refractivity contribution is -0.127. The quantitative estimate of drug-likeness (QED) is 0.739. The molecule has 3 fully saturated rings. The summed E-state index contributed by atoms with van der Waals surface area (Å²) in [5.41, 5.74) is 3.45. The fourth-order valence-corrected chi connectivity index (χ4v) is 5.35. The number of nitrogens with zero attached hydrogens (tertiary/aromatic N) is 3. The van der Waals surface area contributed by atoms with E-state index in [9.17, 15) is 9.59 Å². The molecule has 6 nitrogen and oxygen atoms in total. The van der Waals surface area contributed by atoms with Crippen molar-refractivity contribution in [1.82, 2.24) is 10.2 Å². The van der Waals surface area contributed by atoms with Crippen LogP contribution in [0.4, 0.5) is 11.4 Å². The topological polar surface area (TPSA) is 55.9 Å². The van der Waals surface area contributed by atoms with E-state index in [1.165, 1.54) is 24.1 Å². The Hall–Kier alpha value is -2.86. The standard InChI is InChI=1S/C27H34N4O2/c32-26-18-22(20-31(26)25-10-8-24(9-11-25)30-14-4-5-15-30)27(33)28-23-12-16-29(17-13-23)19-21-6-2-1-3-7-21/h1-3,6-11,22-23H,4-5,12-20H2,(H,28,33). The molecule has 0 saturated carbocycles. The summed E-state index contributed by atoms with van der Waals surface area (Å²) >= 11 is 0. The molecule has 3 saturated heterocycles. The Morgan fingerprint density at radius 3 is 2.24 bits per heavy atom. The van der Waals surface area contributed by atoms with E-state index in [1.54, 1.807) is 4.90 Å². The van der Waals surface area contributed by atoms with Crippen molar-refractivity contribution in [1.29, 1.82) is 0 Å². The largest absolute Gasteiger partial charge is 0.372 e. The third-order valence-electron chi connectivity index (χ3n) is 7.31. The number of piperidine rings is 1. The normalized spacial score (nSPS) is 22.2. The van der Waals surface area contributed by atoms with Crippen molar-refractivity contribution >= 4 is 23.2 Å². The molecule has 0 bridgehead atoms. The summed E-state index contributed by atoms with van der Waals surface area (Å²) in [5.74, 6) is -0.194. The number of rotatable bonds is 6. The van der Waals surface area contributed by atoms with Gasteiger partial charge in [-0.15, -0.1) is 0 Å². The molecule has 3 heterocycles. The molecule has 6 heteroatoms. The Labute approximate surface area is 196 Å². The number of hydrogen-bond donors (Lipinski definition) is 1. The highest BCUT2D eigenvalue weighted by atomic mass is 16.2. The molecular weight excluding hydrogens is 412 g/mol. The number of anilines is 2. The molecule has 5 rings (SSSR count). The Morgan fingerprint density at radius 1 is 0.879 bits per heavy atom. The maximum Gasteiger partial charge on any atom is 0.227 e. The summed E-state index contributed by atoms with van der Waals surface area (Å²) in [4.78, 5) is 32.2. The van der Waals surface area contributed by atoms with Gasteiger partial charge in [-0.1, -0.05) is 30.3 Å². The van der Waals surface area contributed by atoms with E-state index in [-0.39, 0.29) is 23.8 Å². The van der Waals surface area contributed by atoms with Gasteiger partial charge in [-0.3, -0.25) is 14.5 Å². The maximum absolute atomic E-state index is 12.9. The molecule has 0 aromatic heterocycles. The van der Waals surface area contributed by atoms with Gasteiger partial charge < -0.3 is 15.1 Å². The minimum Gasteiger partial charge on any atom is -0.372 e. The zero-order chi connectivity index (χ0) is 22.6. The van der Waals surface area contributed by atoms with Crippen molar-refractivity contribution in [3.8, 4) is 0 Å². The number of hydrogen-bond acceptors (Lipinski definition) is 4. The average Bonchev–Trinajstić information content (AvgIpc) is 3.51. The van der Waals surface area contributed by atoms with Crippen LogP contribution in [0.25, 0.3) is 0 Å². The highest BCUT2D eigenvalue weighted by Crippen LogP contribution is 2.29.